The van der Waals surface area contributed by atoms with Crippen LogP contribution in [0, 0.1) is 12.7 Å². The van der Waals surface area contributed by atoms with E-state index >= 15 is 0 Å². The molecule has 2 rings (SSSR count). The number of hydrogen-bond acceptors (Lipinski definition) is 6. The average Bonchev–Trinajstić information content (AvgIpc) is 2.33. The number of aryl methyl sites for hydroxylation is 1. The van der Waals surface area contributed by atoms with Crippen molar-refractivity contribution in [3.63, 3.8) is 0 Å². The Morgan fingerprint density at radius 2 is 2.06 bits per heavy atom. The molecule has 0 radical (unpaired) electrons. The van der Waals surface area contributed by atoms with Crippen molar-refractivity contribution in [2.45, 2.75) is 6.92 Å². The van der Waals surface area contributed by atoms with Crippen LogP contribution in [0.2, 0.25) is 0 Å². The number of rotatable bonds is 3. The Bertz CT molecular complexity index is 575. The third-order valence-electron chi connectivity index (χ3n) is 2.23. The Balaban J connectivity index is 2.33. The molecule has 1 aromatic heterocycles. The van der Waals surface area contributed by atoms with Gasteiger partial charge in [0, 0.05) is 12.1 Å². The highest BCUT2D eigenvalue weighted by Crippen LogP contribution is 2.25. The summed E-state index contributed by atoms with van der Waals surface area (Å²) in [6.45, 7) is 1.79. The van der Waals surface area contributed by atoms with Gasteiger partial charge < -0.3 is 15.9 Å². The summed E-state index contributed by atoms with van der Waals surface area (Å²) in [6.07, 6.45) is 0. The zero-order valence-electron chi connectivity index (χ0n) is 9.64. The first-order valence-corrected chi connectivity index (χ1v) is 5.13. The lowest BCUT2D eigenvalue weighted by atomic mass is 10.2. The first kappa shape index (κ1) is 12.1. The molecule has 18 heavy (non-hydrogen) atoms. The summed E-state index contributed by atoms with van der Waals surface area (Å²) >= 11 is 0. The maximum atomic E-state index is 13.1. The molecule has 7 heteroatoms. The monoisotopic (exact) mass is 249 g/mol. The summed E-state index contributed by atoms with van der Waals surface area (Å²) < 4.78 is 18.6. The van der Waals surface area contributed by atoms with Crippen LogP contribution in [0.15, 0.2) is 24.3 Å². The molecule has 0 bridgehead atoms. The molecular weight excluding hydrogens is 237 g/mol. The molecule has 0 aliphatic rings. The van der Waals surface area contributed by atoms with Gasteiger partial charge in [0.2, 0.25) is 11.8 Å². The first-order valence-electron chi connectivity index (χ1n) is 5.13. The van der Waals surface area contributed by atoms with Gasteiger partial charge in [-0.05, 0) is 18.6 Å². The minimum Gasteiger partial charge on any atom is -0.438 e. The van der Waals surface area contributed by atoms with Gasteiger partial charge in [-0.25, -0.2) is 10.2 Å². The van der Waals surface area contributed by atoms with Crippen LogP contribution in [0.4, 0.5) is 16.2 Å². The largest absolute Gasteiger partial charge is 0.438 e. The van der Waals surface area contributed by atoms with Gasteiger partial charge in [0.15, 0.2) is 0 Å². The first-order chi connectivity index (χ1) is 8.58. The molecular formula is C11H12FN5O. The van der Waals surface area contributed by atoms with Crippen LogP contribution in [0.1, 0.15) is 5.56 Å². The predicted molar refractivity (Wildman–Crippen MR) is 65.5 cm³/mol. The van der Waals surface area contributed by atoms with Crippen molar-refractivity contribution in [1.29, 1.82) is 0 Å². The van der Waals surface area contributed by atoms with E-state index in [4.69, 9.17) is 16.3 Å². The lowest BCUT2D eigenvalue weighted by Gasteiger charge is -2.09. The topological polar surface area (TPSA) is 99.1 Å². The highest BCUT2D eigenvalue weighted by Gasteiger charge is 2.07. The molecule has 0 saturated carbocycles. The molecule has 0 amide bonds. The van der Waals surface area contributed by atoms with Gasteiger partial charge in [-0.15, -0.1) is 0 Å². The molecule has 0 atom stereocenters. The molecule has 0 saturated heterocycles. The predicted octanol–water partition coefficient (Wildman–Crippen LogP) is 1.58. The number of hydrogen-bond donors (Lipinski definition) is 3. The van der Waals surface area contributed by atoms with E-state index < -0.39 is 5.82 Å². The Morgan fingerprint density at radius 3 is 2.78 bits per heavy atom. The number of nitrogens with two attached hydrogens (primary N) is 2. The Labute approximate surface area is 103 Å². The quantitative estimate of drug-likeness (QED) is 0.564. The fraction of sp³-hybridized carbons (Fsp3) is 0.0909. The number of hydrazine groups is 1. The van der Waals surface area contributed by atoms with E-state index in [1.165, 1.54) is 18.2 Å². The number of nitrogen functional groups attached to an aromatic ring is 2. The Kier molecular flexibility index (Phi) is 3.24. The van der Waals surface area contributed by atoms with Crippen LogP contribution in [0.25, 0.3) is 0 Å². The van der Waals surface area contributed by atoms with Crippen molar-refractivity contribution in [3.05, 3.63) is 35.6 Å². The van der Waals surface area contributed by atoms with Crippen molar-refractivity contribution in [2.24, 2.45) is 5.84 Å². The van der Waals surface area contributed by atoms with Gasteiger partial charge in [0.05, 0.1) is 0 Å². The summed E-state index contributed by atoms with van der Waals surface area (Å²) in [5, 5.41) is 0. The lowest BCUT2D eigenvalue weighted by molar-refractivity contribution is 0.454. The maximum Gasteiger partial charge on any atom is 0.226 e. The second kappa shape index (κ2) is 4.84. The minimum absolute atomic E-state index is 0.00880. The highest BCUT2D eigenvalue weighted by molar-refractivity contribution is 5.44. The molecule has 5 N–H and O–H groups in total. The minimum atomic E-state index is -0.394. The Hall–Kier alpha value is -2.41. The number of aromatic nitrogens is 2. The molecule has 1 heterocycles. The van der Waals surface area contributed by atoms with Crippen molar-refractivity contribution in [3.8, 4) is 11.6 Å². The molecule has 0 spiro atoms. The molecule has 0 fully saturated rings. The summed E-state index contributed by atoms with van der Waals surface area (Å²) in [5.74, 6) is 5.69. The van der Waals surface area contributed by atoms with Crippen LogP contribution >= 0.6 is 0 Å². The molecule has 0 aliphatic heterocycles. The van der Waals surface area contributed by atoms with Crippen molar-refractivity contribution in [2.75, 3.05) is 11.2 Å². The second-order valence-corrected chi connectivity index (χ2v) is 3.61. The van der Waals surface area contributed by atoms with Gasteiger partial charge in [-0.1, -0.05) is 6.07 Å². The summed E-state index contributed by atoms with van der Waals surface area (Å²) in [7, 11) is 0. The van der Waals surface area contributed by atoms with E-state index in [2.05, 4.69) is 15.4 Å². The van der Waals surface area contributed by atoms with E-state index in [-0.39, 0.29) is 11.8 Å². The zero-order chi connectivity index (χ0) is 13.1. The van der Waals surface area contributed by atoms with Crippen LogP contribution < -0.4 is 21.7 Å². The lowest BCUT2D eigenvalue weighted by Crippen LogP contribution is -2.10. The normalized spacial score (nSPS) is 10.2. The van der Waals surface area contributed by atoms with Crippen molar-refractivity contribution >= 4 is 11.8 Å². The van der Waals surface area contributed by atoms with Crippen LogP contribution in [0.3, 0.4) is 0 Å². The SMILES string of the molecule is Cc1ccc(F)cc1Oc1cc(NN)nc(N)n1. The third kappa shape index (κ3) is 2.64. The standard InChI is InChI=1S/C11H12FN5O/c1-6-2-3-7(12)4-8(6)18-10-5-9(17-14)15-11(13)16-10/h2-5H,14H2,1H3,(H3,13,15,16,17). The summed E-state index contributed by atoms with van der Waals surface area (Å²) in [5.41, 5.74) is 8.59. The molecule has 6 nitrogen and oxygen atoms in total. The average molecular weight is 249 g/mol. The molecule has 0 unspecified atom stereocenters. The fourth-order valence-electron chi connectivity index (χ4n) is 1.37. The number of halogens is 1. The molecule has 2 aromatic rings. The maximum absolute atomic E-state index is 13.1. The molecule has 1 aromatic carbocycles. The highest BCUT2D eigenvalue weighted by atomic mass is 19.1. The zero-order valence-corrected chi connectivity index (χ0v) is 9.64. The number of ether oxygens (including phenoxy) is 1. The smallest absolute Gasteiger partial charge is 0.226 e. The van der Waals surface area contributed by atoms with E-state index in [0.29, 0.717) is 11.6 Å². The van der Waals surface area contributed by atoms with Gasteiger partial charge in [0.25, 0.3) is 0 Å². The van der Waals surface area contributed by atoms with Gasteiger partial charge in [-0.3, -0.25) is 0 Å². The second-order valence-electron chi connectivity index (χ2n) is 3.61. The van der Waals surface area contributed by atoms with Crippen molar-refractivity contribution in [1.82, 2.24) is 9.97 Å². The van der Waals surface area contributed by atoms with Crippen LogP contribution in [0.5, 0.6) is 11.6 Å². The van der Waals surface area contributed by atoms with Gasteiger partial charge in [-0.2, -0.15) is 9.97 Å². The molecule has 94 valence electrons. The van der Waals surface area contributed by atoms with Crippen LogP contribution in [-0.2, 0) is 0 Å². The van der Waals surface area contributed by atoms with E-state index in [0.717, 1.165) is 5.56 Å². The summed E-state index contributed by atoms with van der Waals surface area (Å²) in [6, 6.07) is 5.69. The number of anilines is 2. The number of benzene rings is 1. The Morgan fingerprint density at radius 1 is 1.28 bits per heavy atom. The fourth-order valence-corrected chi connectivity index (χ4v) is 1.37. The van der Waals surface area contributed by atoms with Gasteiger partial charge >= 0.3 is 0 Å². The number of nitrogens with zero attached hydrogens (tertiary/aromatic N) is 2. The van der Waals surface area contributed by atoms with Crippen molar-refractivity contribution < 1.29 is 9.13 Å². The third-order valence-corrected chi connectivity index (χ3v) is 2.23. The van der Waals surface area contributed by atoms with E-state index in [1.54, 1.807) is 13.0 Å². The van der Waals surface area contributed by atoms with Crippen LogP contribution in [-0.4, -0.2) is 9.97 Å². The van der Waals surface area contributed by atoms with E-state index in [9.17, 15) is 4.39 Å². The van der Waals surface area contributed by atoms with E-state index in [1.807, 2.05) is 0 Å². The van der Waals surface area contributed by atoms with Gasteiger partial charge in [0.1, 0.15) is 17.4 Å². The number of nitrogens with one attached hydrogen (secondary N) is 1. The molecule has 0 aliphatic carbocycles. The summed E-state index contributed by atoms with van der Waals surface area (Å²) in [4.78, 5) is 7.68.